The fourth-order valence-electron chi connectivity index (χ4n) is 0.977. The van der Waals surface area contributed by atoms with Crippen LogP contribution in [0.4, 0.5) is 13.2 Å². The number of alkyl halides is 3. The van der Waals surface area contributed by atoms with Crippen molar-refractivity contribution in [2.24, 2.45) is 0 Å². The average molecular weight is 278 g/mol. The lowest BCUT2D eigenvalue weighted by atomic mass is 10.2. The first-order chi connectivity index (χ1) is 8.21. The zero-order valence-electron chi connectivity index (χ0n) is 8.52. The summed E-state index contributed by atoms with van der Waals surface area (Å²) in [5.41, 5.74) is -1.02. The van der Waals surface area contributed by atoms with Crippen LogP contribution in [0.15, 0.2) is 24.3 Å². The van der Waals surface area contributed by atoms with Crippen molar-refractivity contribution in [2.45, 2.75) is 6.18 Å². The number of hydrogen-bond acceptors (Lipinski definition) is 4. The van der Waals surface area contributed by atoms with Crippen molar-refractivity contribution in [3.63, 3.8) is 0 Å². The second-order valence-electron chi connectivity index (χ2n) is 3.05. The van der Waals surface area contributed by atoms with Gasteiger partial charge in [0, 0.05) is 0 Å². The summed E-state index contributed by atoms with van der Waals surface area (Å²) in [6.45, 7) is 0. The zero-order chi connectivity index (χ0) is 13.9. The Bertz CT molecular complexity index is 510. The van der Waals surface area contributed by atoms with E-state index in [-0.39, 0.29) is 0 Å². The predicted octanol–water partition coefficient (Wildman–Crippen LogP) is 2.07. The van der Waals surface area contributed by atoms with Gasteiger partial charge in [0.25, 0.3) is 0 Å². The Morgan fingerprint density at radius 1 is 1.28 bits per heavy atom. The second-order valence-corrected chi connectivity index (χ2v) is 3.46. The maximum absolute atomic E-state index is 12.3. The van der Waals surface area contributed by atoms with Gasteiger partial charge < -0.3 is 9.84 Å². The van der Waals surface area contributed by atoms with E-state index in [1.54, 1.807) is 0 Å². The number of rotatable bonds is 3. The van der Waals surface area contributed by atoms with Crippen molar-refractivity contribution >= 4 is 29.0 Å². The van der Waals surface area contributed by atoms with Crippen molar-refractivity contribution in [3.05, 3.63) is 29.8 Å². The highest BCUT2D eigenvalue weighted by Crippen LogP contribution is 2.31. The maximum Gasteiger partial charge on any atom is 0.416 e. The van der Waals surface area contributed by atoms with Gasteiger partial charge in [-0.05, 0) is 18.2 Å². The molecule has 0 radical (unpaired) electrons. The number of esters is 1. The number of carboxylic acids is 1. The summed E-state index contributed by atoms with van der Waals surface area (Å²) in [5.74, 6) is -3.50. The largest absolute Gasteiger partial charge is 0.477 e. The van der Waals surface area contributed by atoms with E-state index in [0.29, 0.717) is 6.07 Å². The van der Waals surface area contributed by atoms with Crippen LogP contribution < -0.4 is 4.74 Å². The van der Waals surface area contributed by atoms with Crippen LogP contribution in [0.1, 0.15) is 5.56 Å². The van der Waals surface area contributed by atoms with E-state index in [9.17, 15) is 22.8 Å². The van der Waals surface area contributed by atoms with Crippen LogP contribution in [0.3, 0.4) is 0 Å². The minimum atomic E-state index is -4.59. The lowest BCUT2D eigenvalue weighted by Gasteiger charge is -2.08. The first-order valence-corrected chi connectivity index (χ1v) is 4.79. The molecule has 1 aromatic rings. The number of carbonyl (C=O) groups excluding carboxylic acids is 1. The minimum absolute atomic E-state index is 0.432. The van der Waals surface area contributed by atoms with E-state index in [4.69, 9.17) is 5.11 Å². The van der Waals surface area contributed by atoms with Gasteiger partial charge >= 0.3 is 18.1 Å². The highest BCUT2D eigenvalue weighted by Gasteiger charge is 2.31. The van der Waals surface area contributed by atoms with Gasteiger partial charge in [-0.25, -0.2) is 9.59 Å². The SMILES string of the molecule is O=C(O)C(=S)C(=O)Oc1cccc(C(F)(F)F)c1. The quantitative estimate of drug-likeness (QED) is 0.397. The second kappa shape index (κ2) is 5.13. The summed E-state index contributed by atoms with van der Waals surface area (Å²) in [4.78, 5) is 20.4. The van der Waals surface area contributed by atoms with E-state index in [1.165, 1.54) is 0 Å². The molecule has 0 aliphatic heterocycles. The molecule has 18 heavy (non-hydrogen) atoms. The smallest absolute Gasteiger partial charge is 0.416 e. The first kappa shape index (κ1) is 14.1. The molecule has 1 rings (SSSR count). The Kier molecular flexibility index (Phi) is 4.02. The fraction of sp³-hybridized carbons (Fsp3) is 0.100. The average Bonchev–Trinajstić information content (AvgIpc) is 2.27. The molecule has 0 unspecified atom stereocenters. The number of aliphatic carboxylic acids is 1. The number of thiocarbonyl (C=S) groups is 1. The van der Waals surface area contributed by atoms with E-state index < -0.39 is 34.3 Å². The standard InChI is InChI=1S/C10H5F3O4S/c11-10(12,13)5-2-1-3-6(4-5)17-9(16)7(18)8(14)15/h1-4H,(H,14,15). The number of carboxylic acid groups (broad SMARTS) is 1. The van der Waals surface area contributed by atoms with E-state index in [2.05, 4.69) is 17.0 Å². The third-order valence-electron chi connectivity index (χ3n) is 1.75. The molecule has 0 amide bonds. The molecule has 0 saturated carbocycles. The maximum atomic E-state index is 12.3. The Labute approximate surface area is 104 Å². The number of carbonyl (C=O) groups is 2. The molecule has 0 spiro atoms. The molecule has 0 aromatic heterocycles. The van der Waals surface area contributed by atoms with E-state index >= 15 is 0 Å². The molecule has 0 heterocycles. The molecule has 1 aromatic carbocycles. The minimum Gasteiger partial charge on any atom is -0.477 e. The molecule has 0 atom stereocenters. The predicted molar refractivity (Wildman–Crippen MR) is 57.3 cm³/mol. The summed E-state index contributed by atoms with van der Waals surface area (Å²) < 4.78 is 41.4. The summed E-state index contributed by atoms with van der Waals surface area (Å²) in [7, 11) is 0. The van der Waals surface area contributed by atoms with Crippen LogP contribution in [-0.4, -0.2) is 21.9 Å². The molecule has 1 N–H and O–H groups in total. The van der Waals surface area contributed by atoms with E-state index in [1.807, 2.05) is 0 Å². The van der Waals surface area contributed by atoms with Crippen LogP contribution in [0, 0.1) is 0 Å². The van der Waals surface area contributed by atoms with Gasteiger partial charge in [-0.15, -0.1) is 0 Å². The summed E-state index contributed by atoms with van der Waals surface area (Å²) in [6.07, 6.45) is -4.59. The molecule has 4 nitrogen and oxygen atoms in total. The number of hydrogen-bond donors (Lipinski definition) is 1. The van der Waals surface area contributed by atoms with Crippen LogP contribution >= 0.6 is 12.2 Å². The lowest BCUT2D eigenvalue weighted by molar-refractivity contribution is -0.138. The molecule has 0 aliphatic rings. The van der Waals surface area contributed by atoms with Crippen LogP contribution in [-0.2, 0) is 15.8 Å². The Hall–Kier alpha value is -1.96. The van der Waals surface area contributed by atoms with Gasteiger partial charge in [0.1, 0.15) is 5.75 Å². The molecular formula is C10H5F3O4S. The number of halogens is 3. The molecular weight excluding hydrogens is 273 g/mol. The number of ether oxygens (including phenoxy) is 1. The highest BCUT2D eigenvalue weighted by molar-refractivity contribution is 7.83. The third-order valence-corrected chi connectivity index (χ3v) is 2.09. The van der Waals surface area contributed by atoms with Crippen molar-refractivity contribution in [2.75, 3.05) is 0 Å². The topological polar surface area (TPSA) is 63.6 Å². The third kappa shape index (κ3) is 3.52. The molecule has 8 heteroatoms. The summed E-state index contributed by atoms with van der Waals surface area (Å²) >= 11 is 4.21. The van der Waals surface area contributed by atoms with Crippen LogP contribution in [0.2, 0.25) is 0 Å². The van der Waals surface area contributed by atoms with Crippen molar-refractivity contribution in [1.82, 2.24) is 0 Å². The Morgan fingerprint density at radius 3 is 2.39 bits per heavy atom. The molecule has 0 fully saturated rings. The molecule has 96 valence electrons. The van der Waals surface area contributed by atoms with Crippen molar-refractivity contribution in [3.8, 4) is 5.75 Å². The van der Waals surface area contributed by atoms with Gasteiger partial charge in [-0.3, -0.25) is 0 Å². The number of benzene rings is 1. The normalized spacial score (nSPS) is 10.8. The monoisotopic (exact) mass is 278 g/mol. The molecule has 0 bridgehead atoms. The van der Waals surface area contributed by atoms with Gasteiger partial charge in [-0.2, -0.15) is 13.2 Å². The van der Waals surface area contributed by atoms with Gasteiger partial charge in [0.2, 0.25) is 4.86 Å². The highest BCUT2D eigenvalue weighted by atomic mass is 32.1. The van der Waals surface area contributed by atoms with Crippen LogP contribution in [0.25, 0.3) is 0 Å². The van der Waals surface area contributed by atoms with Gasteiger partial charge in [0.15, 0.2) is 0 Å². The Balaban J connectivity index is 2.90. The fourth-order valence-corrected chi connectivity index (χ4v) is 1.02. The molecule has 0 aliphatic carbocycles. The Morgan fingerprint density at radius 2 is 1.89 bits per heavy atom. The molecule has 0 saturated heterocycles. The lowest BCUT2D eigenvalue weighted by Crippen LogP contribution is -2.26. The van der Waals surface area contributed by atoms with Crippen molar-refractivity contribution < 1.29 is 32.6 Å². The van der Waals surface area contributed by atoms with Gasteiger partial charge in [-0.1, -0.05) is 18.3 Å². The first-order valence-electron chi connectivity index (χ1n) is 4.38. The van der Waals surface area contributed by atoms with Gasteiger partial charge in [0.05, 0.1) is 5.56 Å². The van der Waals surface area contributed by atoms with E-state index in [0.717, 1.165) is 18.2 Å². The summed E-state index contributed by atoms with van der Waals surface area (Å²) in [6, 6.07) is 3.46. The van der Waals surface area contributed by atoms with Crippen molar-refractivity contribution in [1.29, 1.82) is 0 Å². The van der Waals surface area contributed by atoms with Crippen LogP contribution in [0.5, 0.6) is 5.75 Å². The summed E-state index contributed by atoms with van der Waals surface area (Å²) in [5, 5.41) is 8.39. The zero-order valence-corrected chi connectivity index (χ0v) is 9.34.